The van der Waals surface area contributed by atoms with Gasteiger partial charge in [0.25, 0.3) is 0 Å². The molecule has 0 saturated heterocycles. The van der Waals surface area contributed by atoms with Gasteiger partial charge in [-0.05, 0) is 0 Å². The van der Waals surface area contributed by atoms with Crippen molar-refractivity contribution in [3.05, 3.63) is 0 Å². The van der Waals surface area contributed by atoms with Crippen LogP contribution in [-0.2, 0) is 87.8 Å². The summed E-state index contributed by atoms with van der Waals surface area (Å²) in [5, 5.41) is 0. The quantitative estimate of drug-likeness (QED) is 0.290. The van der Waals surface area contributed by atoms with Crippen LogP contribution in [0.4, 0.5) is 0 Å². The molecule has 0 N–H and O–H groups in total. The molecule has 0 saturated carbocycles. The van der Waals surface area contributed by atoms with Crippen LogP contribution in [-0.4, -0.2) is 41.2 Å². The summed E-state index contributed by atoms with van der Waals surface area (Å²) >= 11 is 3.12. The van der Waals surface area contributed by atoms with Crippen molar-refractivity contribution in [2.75, 3.05) is 0 Å². The number of hydrogen-bond donors (Lipinski definition) is 0. The first kappa shape index (κ1) is 31.0. The summed E-state index contributed by atoms with van der Waals surface area (Å²) in [6.07, 6.45) is 0. The monoisotopic (exact) mass is 619 g/mol. The zero-order valence-electron chi connectivity index (χ0n) is 3.78. The zero-order chi connectivity index (χ0) is 2.00. The fourth-order valence-corrected chi connectivity index (χ4v) is 0. The van der Waals surface area contributed by atoms with E-state index in [-0.39, 0.29) is 89.9 Å². The molecule has 0 nitrogen and oxygen atoms in total. The predicted octanol–water partition coefficient (Wildman–Crippen LogP) is -1.57. The summed E-state index contributed by atoms with van der Waals surface area (Å²) in [4.78, 5) is 0. The van der Waals surface area contributed by atoms with E-state index in [9.17, 15) is 0 Å². The normalized spacial score (nSPS) is 1.17. The van der Waals surface area contributed by atoms with Crippen LogP contribution in [0, 0.1) is 0 Å². The van der Waals surface area contributed by atoms with E-state index in [1.165, 1.54) is 21.6 Å². The summed E-state index contributed by atoms with van der Waals surface area (Å²) in [5.41, 5.74) is 0. The average molecular weight is 614 g/mol. The smallest absolute Gasteiger partial charge is 0 e. The third-order valence-corrected chi connectivity index (χ3v) is 0. The van der Waals surface area contributed by atoms with Gasteiger partial charge in [0.1, 0.15) is 0 Å². The van der Waals surface area contributed by atoms with Crippen LogP contribution < -0.4 is 0 Å². The molecule has 6 heavy (non-hydrogen) atoms. The van der Waals surface area contributed by atoms with Crippen molar-refractivity contribution in [1.29, 1.82) is 0 Å². The fraction of sp³-hybridized carbons (Fsp3) is 0. The van der Waals surface area contributed by atoms with E-state index in [1.54, 1.807) is 0 Å². The molecule has 6 heteroatoms. The van der Waals surface area contributed by atoms with Gasteiger partial charge < -0.3 is 0 Å². The largest absolute Gasteiger partial charge is 0 e. The van der Waals surface area contributed by atoms with E-state index in [2.05, 4.69) is 0 Å². The minimum Gasteiger partial charge on any atom is 0 e. The van der Waals surface area contributed by atoms with Gasteiger partial charge in [-0.3, -0.25) is 0 Å². The maximum atomic E-state index is 1.92. The first-order chi connectivity index (χ1) is 1.00. The van der Waals surface area contributed by atoms with Crippen LogP contribution in [0.25, 0.3) is 0 Å². The van der Waals surface area contributed by atoms with Crippen molar-refractivity contribution in [2.45, 2.75) is 0 Å². The summed E-state index contributed by atoms with van der Waals surface area (Å²) in [6, 6.07) is 0. The molecule has 0 radical (unpaired) electrons. The van der Waals surface area contributed by atoms with E-state index in [4.69, 9.17) is 0 Å². The first-order valence-corrected chi connectivity index (χ1v) is 14.2. The second-order valence-electron chi connectivity index (χ2n) is 0. The molecular formula is H3Cd2Te2Zn2. The summed E-state index contributed by atoms with van der Waals surface area (Å²) in [6.45, 7) is 0. The third kappa shape index (κ3) is 23.4. The minimum absolute atomic E-state index is 0. The Morgan fingerprint density at radius 1 is 1.00 bits per heavy atom. The third-order valence-electron chi connectivity index (χ3n) is 0. The van der Waals surface area contributed by atoms with Gasteiger partial charge in [0.05, 0.1) is 0 Å². The van der Waals surface area contributed by atoms with Gasteiger partial charge in [-0.2, -0.15) is 0 Å². The van der Waals surface area contributed by atoms with Crippen molar-refractivity contribution >= 4 is 41.2 Å². The Morgan fingerprint density at radius 2 is 1.00 bits per heavy atom. The van der Waals surface area contributed by atoms with Gasteiger partial charge in [0.15, 0.2) is 0 Å². The first-order valence-electron chi connectivity index (χ1n) is 0.316. The van der Waals surface area contributed by atoms with Crippen LogP contribution in [0.1, 0.15) is 0 Å². The molecule has 0 aliphatic heterocycles. The summed E-state index contributed by atoms with van der Waals surface area (Å²) in [5.74, 6) is 0. The Kier molecular flexibility index (Phi) is 172. The molecule has 0 aromatic rings. The van der Waals surface area contributed by atoms with Crippen LogP contribution in [0.2, 0.25) is 0 Å². The molecule has 23 valence electrons. The molecule has 0 atom stereocenters. The van der Waals surface area contributed by atoms with Crippen molar-refractivity contribution in [3.63, 3.8) is 0 Å². The van der Waals surface area contributed by atoms with E-state index < -0.39 is 0 Å². The molecule has 0 amide bonds. The van der Waals surface area contributed by atoms with Gasteiger partial charge in [0.2, 0.25) is 0 Å². The standard InChI is InChI=1S/2Cd.2H2Te.2Zn/h;;2*1H2;;/q;+1;;;;/p-1. The summed E-state index contributed by atoms with van der Waals surface area (Å²) < 4.78 is 0. The Labute approximate surface area is 125 Å². The maximum Gasteiger partial charge on any atom is 0 e. The molecular weight excluding hydrogens is 611 g/mol. The van der Waals surface area contributed by atoms with Crippen LogP contribution >= 0.6 is 0 Å². The van der Waals surface area contributed by atoms with Gasteiger partial charge in [-0.1, -0.05) is 0 Å². The van der Waals surface area contributed by atoms with E-state index in [0.29, 0.717) is 0 Å². The Hall–Kier alpha value is 4.67. The number of rotatable bonds is 0. The number of hydrogen-bond acceptors (Lipinski definition) is 0. The SMILES string of the molecule is [Cd].[Cd][TeH].[TeH2].[Zn].[Zn]. The molecule has 0 fully saturated rings. The molecule has 0 rings (SSSR count). The molecule has 0 spiro atoms. The Morgan fingerprint density at radius 3 is 1.00 bits per heavy atom. The zero-order valence-corrected chi connectivity index (χ0v) is 23.2. The molecule has 0 unspecified atom stereocenters. The molecule has 0 aliphatic rings. The van der Waals surface area contributed by atoms with E-state index >= 15 is 0 Å². The van der Waals surface area contributed by atoms with E-state index in [0.717, 1.165) is 0 Å². The molecule has 0 aromatic carbocycles. The van der Waals surface area contributed by atoms with Crippen molar-refractivity contribution in [1.82, 2.24) is 0 Å². The van der Waals surface area contributed by atoms with Crippen molar-refractivity contribution < 1.29 is 87.8 Å². The predicted molar refractivity (Wildman–Crippen MR) is 15.7 cm³/mol. The second-order valence-corrected chi connectivity index (χ2v) is 0. The van der Waals surface area contributed by atoms with E-state index in [1.807, 2.05) is 17.5 Å². The van der Waals surface area contributed by atoms with Crippen LogP contribution in [0.15, 0.2) is 0 Å². The second kappa shape index (κ2) is 33.3. The Bertz CT molecular complexity index is 9.51. The average Bonchev–Trinajstić information content (AvgIpc) is 1.00. The molecule has 0 aromatic heterocycles. The Balaban J connectivity index is -0.000000000833. The van der Waals surface area contributed by atoms with Gasteiger partial charge in [-0.25, -0.2) is 0 Å². The van der Waals surface area contributed by atoms with Gasteiger partial charge in [-0.15, -0.1) is 0 Å². The minimum atomic E-state index is 0. The van der Waals surface area contributed by atoms with Gasteiger partial charge in [0, 0.05) is 66.3 Å². The molecule has 0 aliphatic carbocycles. The molecule has 0 bridgehead atoms. The van der Waals surface area contributed by atoms with Crippen LogP contribution in [0.3, 0.4) is 0 Å². The van der Waals surface area contributed by atoms with Crippen molar-refractivity contribution in [3.8, 4) is 0 Å². The van der Waals surface area contributed by atoms with Crippen molar-refractivity contribution in [2.24, 2.45) is 0 Å². The maximum absolute atomic E-state index is 1.92. The topological polar surface area (TPSA) is 0 Å². The molecule has 0 heterocycles. The fourth-order valence-electron chi connectivity index (χ4n) is 0. The van der Waals surface area contributed by atoms with Gasteiger partial charge >= 0.3 is 62.7 Å². The van der Waals surface area contributed by atoms with Crippen LogP contribution in [0.5, 0.6) is 0 Å². The summed E-state index contributed by atoms with van der Waals surface area (Å²) in [7, 11) is 0.